The van der Waals surface area contributed by atoms with Crippen molar-refractivity contribution in [3.8, 4) is 0 Å². The van der Waals surface area contributed by atoms with Crippen molar-refractivity contribution in [3.63, 3.8) is 0 Å². The molecule has 0 atom stereocenters. The predicted octanol–water partition coefficient (Wildman–Crippen LogP) is 2.52. The fourth-order valence-corrected chi connectivity index (χ4v) is 2.98. The smallest absolute Gasteiger partial charge is 0.256 e. The molecule has 0 aromatic heterocycles. The molecule has 4 heteroatoms. The van der Waals surface area contributed by atoms with Gasteiger partial charge in [0.1, 0.15) is 0 Å². The van der Waals surface area contributed by atoms with Crippen molar-refractivity contribution in [2.24, 2.45) is 0 Å². The summed E-state index contributed by atoms with van der Waals surface area (Å²) < 4.78 is 0. The molecule has 21 heavy (non-hydrogen) atoms. The quantitative estimate of drug-likeness (QED) is 0.847. The lowest BCUT2D eigenvalue weighted by Crippen LogP contribution is -2.43. The van der Waals surface area contributed by atoms with Crippen LogP contribution in [0.25, 0.3) is 0 Å². The lowest BCUT2D eigenvalue weighted by Gasteiger charge is -2.30. The van der Waals surface area contributed by atoms with E-state index in [9.17, 15) is 4.79 Å². The van der Waals surface area contributed by atoms with Crippen LogP contribution in [0.4, 0.5) is 5.69 Å². The Morgan fingerprint density at radius 3 is 2.52 bits per heavy atom. The molecule has 1 saturated carbocycles. The molecular formula is C17H27N3O. The molecule has 1 aliphatic rings. The highest BCUT2D eigenvalue weighted by Gasteiger charge is 2.28. The van der Waals surface area contributed by atoms with Crippen LogP contribution in [0.1, 0.15) is 41.6 Å². The van der Waals surface area contributed by atoms with E-state index < -0.39 is 0 Å². The predicted molar refractivity (Wildman–Crippen MR) is 87.4 cm³/mol. The molecule has 2 rings (SSSR count). The summed E-state index contributed by atoms with van der Waals surface area (Å²) in [5.74, 6) is 0.0879. The maximum Gasteiger partial charge on any atom is 0.256 e. The minimum absolute atomic E-state index is 0.0879. The molecule has 2 N–H and O–H groups in total. The van der Waals surface area contributed by atoms with E-state index >= 15 is 0 Å². The van der Waals surface area contributed by atoms with Crippen LogP contribution in [0.15, 0.2) is 18.2 Å². The van der Waals surface area contributed by atoms with E-state index in [0.717, 1.165) is 31.5 Å². The molecule has 0 radical (unpaired) electrons. The standard InChI is InChI=1S/C17H27N3O/c1-13-8-9-16(18)15(12-13)17(21)20(11-10-19(2)3)14-6-4-5-7-14/h8-9,12,14H,4-7,10-11,18H2,1-3H3. The molecule has 0 spiro atoms. The first kappa shape index (κ1) is 15.8. The highest BCUT2D eigenvalue weighted by Crippen LogP contribution is 2.26. The summed E-state index contributed by atoms with van der Waals surface area (Å²) in [5.41, 5.74) is 8.34. The third-order valence-corrected chi connectivity index (χ3v) is 4.25. The van der Waals surface area contributed by atoms with Gasteiger partial charge in [-0.05, 0) is 46.0 Å². The molecule has 1 fully saturated rings. The Morgan fingerprint density at radius 2 is 1.90 bits per heavy atom. The number of benzene rings is 1. The fraction of sp³-hybridized carbons (Fsp3) is 0.588. The average molecular weight is 289 g/mol. The second-order valence-corrected chi connectivity index (χ2v) is 6.33. The van der Waals surface area contributed by atoms with Gasteiger partial charge in [-0.1, -0.05) is 24.5 Å². The first-order valence-electron chi connectivity index (χ1n) is 7.81. The number of aryl methyl sites for hydroxylation is 1. The van der Waals surface area contributed by atoms with Gasteiger partial charge in [0.15, 0.2) is 0 Å². The van der Waals surface area contributed by atoms with Crippen LogP contribution in [0, 0.1) is 6.92 Å². The number of hydrogen-bond acceptors (Lipinski definition) is 3. The zero-order valence-electron chi connectivity index (χ0n) is 13.4. The normalized spacial score (nSPS) is 15.6. The third-order valence-electron chi connectivity index (χ3n) is 4.25. The van der Waals surface area contributed by atoms with Gasteiger partial charge in [-0.3, -0.25) is 4.79 Å². The number of rotatable bonds is 5. The summed E-state index contributed by atoms with van der Waals surface area (Å²) in [6.07, 6.45) is 4.68. The molecule has 1 aromatic carbocycles. The Bertz CT molecular complexity index is 493. The summed E-state index contributed by atoms with van der Waals surface area (Å²) in [4.78, 5) is 17.1. The number of carbonyl (C=O) groups excluding carboxylic acids is 1. The molecule has 0 bridgehead atoms. The number of nitrogen functional groups attached to an aromatic ring is 1. The number of carbonyl (C=O) groups is 1. The van der Waals surface area contributed by atoms with E-state index in [-0.39, 0.29) is 5.91 Å². The van der Waals surface area contributed by atoms with Crippen molar-refractivity contribution < 1.29 is 4.79 Å². The molecule has 1 aliphatic carbocycles. The zero-order chi connectivity index (χ0) is 15.4. The van der Waals surface area contributed by atoms with E-state index in [4.69, 9.17) is 5.73 Å². The van der Waals surface area contributed by atoms with Crippen LogP contribution in [0.5, 0.6) is 0 Å². The van der Waals surface area contributed by atoms with Crippen molar-refractivity contribution in [3.05, 3.63) is 29.3 Å². The van der Waals surface area contributed by atoms with Crippen LogP contribution in [0.3, 0.4) is 0 Å². The largest absolute Gasteiger partial charge is 0.398 e. The van der Waals surface area contributed by atoms with Gasteiger partial charge in [-0.25, -0.2) is 0 Å². The highest BCUT2D eigenvalue weighted by molar-refractivity contribution is 5.99. The molecule has 116 valence electrons. The van der Waals surface area contributed by atoms with Crippen molar-refractivity contribution in [2.45, 2.75) is 38.6 Å². The fourth-order valence-electron chi connectivity index (χ4n) is 2.98. The molecule has 0 heterocycles. The number of nitrogens with two attached hydrogens (primary N) is 1. The van der Waals surface area contributed by atoms with Gasteiger partial charge in [0.05, 0.1) is 5.56 Å². The number of hydrogen-bond donors (Lipinski definition) is 1. The first-order chi connectivity index (χ1) is 9.99. The summed E-state index contributed by atoms with van der Waals surface area (Å²) >= 11 is 0. The summed E-state index contributed by atoms with van der Waals surface area (Å²) in [6.45, 7) is 3.65. The number of amides is 1. The maximum absolute atomic E-state index is 12.9. The Hall–Kier alpha value is -1.55. The van der Waals surface area contributed by atoms with E-state index in [1.165, 1.54) is 12.8 Å². The van der Waals surface area contributed by atoms with Gasteiger partial charge in [-0.2, -0.15) is 0 Å². The summed E-state index contributed by atoms with van der Waals surface area (Å²) in [6, 6.07) is 6.07. The average Bonchev–Trinajstić information content (AvgIpc) is 2.95. The molecule has 0 unspecified atom stereocenters. The number of nitrogens with zero attached hydrogens (tertiary/aromatic N) is 2. The van der Waals surface area contributed by atoms with Crippen molar-refractivity contribution in [2.75, 3.05) is 32.9 Å². The van der Waals surface area contributed by atoms with Crippen LogP contribution in [-0.4, -0.2) is 48.9 Å². The minimum atomic E-state index is 0.0879. The van der Waals surface area contributed by atoms with E-state index in [1.54, 1.807) is 0 Å². The Balaban J connectivity index is 2.21. The summed E-state index contributed by atoms with van der Waals surface area (Å²) in [5, 5.41) is 0. The second-order valence-electron chi connectivity index (χ2n) is 6.33. The van der Waals surface area contributed by atoms with E-state index in [1.807, 2.05) is 44.1 Å². The zero-order valence-corrected chi connectivity index (χ0v) is 13.4. The molecule has 1 aromatic rings. The Morgan fingerprint density at radius 1 is 1.24 bits per heavy atom. The van der Waals surface area contributed by atoms with Gasteiger partial charge in [-0.15, -0.1) is 0 Å². The molecule has 4 nitrogen and oxygen atoms in total. The van der Waals surface area contributed by atoms with Gasteiger partial charge >= 0.3 is 0 Å². The third kappa shape index (κ3) is 3.97. The van der Waals surface area contributed by atoms with Crippen LogP contribution in [0.2, 0.25) is 0 Å². The van der Waals surface area contributed by atoms with Gasteiger partial charge in [0.2, 0.25) is 0 Å². The molecule has 1 amide bonds. The SMILES string of the molecule is Cc1ccc(N)c(C(=O)N(CCN(C)C)C2CCCC2)c1. The monoisotopic (exact) mass is 289 g/mol. The van der Waals surface area contributed by atoms with E-state index in [0.29, 0.717) is 17.3 Å². The van der Waals surface area contributed by atoms with Crippen LogP contribution < -0.4 is 5.73 Å². The second kappa shape index (κ2) is 6.94. The van der Waals surface area contributed by atoms with Gasteiger partial charge in [0, 0.05) is 24.8 Å². The van der Waals surface area contributed by atoms with Crippen LogP contribution >= 0.6 is 0 Å². The Labute approximate surface area is 127 Å². The lowest BCUT2D eigenvalue weighted by molar-refractivity contribution is 0.0668. The molecular weight excluding hydrogens is 262 g/mol. The molecule has 0 aliphatic heterocycles. The van der Waals surface area contributed by atoms with Crippen molar-refractivity contribution in [1.29, 1.82) is 0 Å². The number of anilines is 1. The van der Waals surface area contributed by atoms with Crippen molar-refractivity contribution in [1.82, 2.24) is 9.80 Å². The van der Waals surface area contributed by atoms with Gasteiger partial charge < -0.3 is 15.5 Å². The first-order valence-corrected chi connectivity index (χ1v) is 7.81. The minimum Gasteiger partial charge on any atom is -0.398 e. The highest BCUT2D eigenvalue weighted by atomic mass is 16.2. The van der Waals surface area contributed by atoms with Gasteiger partial charge in [0.25, 0.3) is 5.91 Å². The van der Waals surface area contributed by atoms with Crippen molar-refractivity contribution >= 4 is 11.6 Å². The Kier molecular flexibility index (Phi) is 5.23. The lowest BCUT2D eigenvalue weighted by atomic mass is 10.1. The maximum atomic E-state index is 12.9. The summed E-state index contributed by atoms with van der Waals surface area (Å²) in [7, 11) is 4.08. The molecule has 0 saturated heterocycles. The van der Waals surface area contributed by atoms with Crippen LogP contribution in [-0.2, 0) is 0 Å². The van der Waals surface area contributed by atoms with E-state index in [2.05, 4.69) is 4.90 Å². The topological polar surface area (TPSA) is 49.6 Å². The number of likely N-dealkylation sites (N-methyl/N-ethyl adjacent to an activating group) is 1.